The summed E-state index contributed by atoms with van der Waals surface area (Å²) >= 11 is 0. The molecule has 0 bridgehead atoms. The van der Waals surface area contributed by atoms with Crippen LogP contribution in [-0.4, -0.2) is 72.1 Å². The molecular formula is C24H25N5O3. The number of imide groups is 1. The molecule has 32 heavy (non-hydrogen) atoms. The number of urea groups is 1. The molecule has 1 saturated heterocycles. The lowest BCUT2D eigenvalue weighted by molar-refractivity contribution is -0.137. The van der Waals surface area contributed by atoms with Crippen molar-refractivity contribution in [3.63, 3.8) is 0 Å². The van der Waals surface area contributed by atoms with E-state index in [2.05, 4.69) is 17.0 Å². The number of aryl methyl sites for hydroxylation is 1. The summed E-state index contributed by atoms with van der Waals surface area (Å²) in [5.74, 6) is 0.382. The Kier molecular flexibility index (Phi) is 4.94. The number of hydrogen-bond acceptors (Lipinski definition) is 6. The van der Waals surface area contributed by atoms with Crippen LogP contribution in [0.15, 0.2) is 65.8 Å². The zero-order valence-corrected chi connectivity index (χ0v) is 18.3. The van der Waals surface area contributed by atoms with Gasteiger partial charge in [0.1, 0.15) is 0 Å². The Morgan fingerprint density at radius 2 is 1.75 bits per heavy atom. The van der Waals surface area contributed by atoms with E-state index in [1.54, 1.807) is 14.2 Å². The number of hydrogen-bond donors (Lipinski definition) is 0. The molecule has 2 unspecified atom stereocenters. The molecule has 0 aliphatic carbocycles. The van der Waals surface area contributed by atoms with E-state index >= 15 is 0 Å². The summed E-state index contributed by atoms with van der Waals surface area (Å²) in [6.45, 7) is 2.54. The minimum absolute atomic E-state index is 0.210. The standard InChI is InChI=1S/C24H25N5O3/c1-16-9-11-18(12-10-16)29-19(17-7-5-4-6-8-17)15-28-20-21(25-23(28)29)26(2)24(31)27(22(20)30)13-14-32-3/h4-12,15,20-21H,13-14H2,1-3H3. The van der Waals surface area contributed by atoms with Crippen LogP contribution >= 0.6 is 0 Å². The monoisotopic (exact) mass is 431 g/mol. The third-order valence-electron chi connectivity index (χ3n) is 6.09. The molecule has 1 fully saturated rings. The molecule has 164 valence electrons. The molecular weight excluding hydrogens is 406 g/mol. The first-order valence-electron chi connectivity index (χ1n) is 10.6. The van der Waals surface area contributed by atoms with Crippen molar-refractivity contribution >= 4 is 29.3 Å². The first-order chi connectivity index (χ1) is 15.5. The van der Waals surface area contributed by atoms with E-state index in [1.807, 2.05) is 60.5 Å². The van der Waals surface area contributed by atoms with Gasteiger partial charge in [0.15, 0.2) is 12.2 Å². The van der Waals surface area contributed by atoms with Crippen molar-refractivity contribution in [2.75, 3.05) is 32.2 Å². The molecule has 3 heterocycles. The number of anilines is 1. The number of nitrogens with zero attached hydrogens (tertiary/aromatic N) is 5. The largest absolute Gasteiger partial charge is 0.383 e. The minimum atomic E-state index is -0.612. The number of amides is 3. The molecule has 2 aromatic carbocycles. The molecule has 3 aliphatic rings. The molecule has 3 amide bonds. The fourth-order valence-electron chi connectivity index (χ4n) is 4.38. The van der Waals surface area contributed by atoms with E-state index in [-0.39, 0.29) is 25.1 Å². The molecule has 0 N–H and O–H groups in total. The highest BCUT2D eigenvalue weighted by molar-refractivity contribution is 6.16. The summed E-state index contributed by atoms with van der Waals surface area (Å²) in [6.07, 6.45) is 1.39. The van der Waals surface area contributed by atoms with Crippen molar-refractivity contribution in [2.24, 2.45) is 4.99 Å². The number of ether oxygens (including phenoxy) is 1. The summed E-state index contributed by atoms with van der Waals surface area (Å²) in [6, 6.07) is 17.3. The van der Waals surface area contributed by atoms with E-state index in [4.69, 9.17) is 9.73 Å². The highest BCUT2D eigenvalue weighted by Crippen LogP contribution is 2.39. The SMILES string of the molecule is COCCN1C(=O)C2C(N=C3N(c4ccc(C)cc4)C(c4ccccc4)=CN32)N(C)C1=O. The number of aliphatic imine (C=N–C) groups is 1. The fraction of sp³-hybridized carbons (Fsp3) is 0.292. The first kappa shape index (κ1) is 20.3. The minimum Gasteiger partial charge on any atom is -0.383 e. The maximum Gasteiger partial charge on any atom is 0.328 e. The average molecular weight is 431 g/mol. The van der Waals surface area contributed by atoms with Gasteiger partial charge in [-0.1, -0.05) is 48.0 Å². The summed E-state index contributed by atoms with van der Waals surface area (Å²) in [7, 11) is 3.24. The summed E-state index contributed by atoms with van der Waals surface area (Å²) in [4.78, 5) is 37.9. The Labute approximate surface area is 187 Å². The Hall–Kier alpha value is -3.65. The average Bonchev–Trinajstić information content (AvgIpc) is 3.35. The van der Waals surface area contributed by atoms with E-state index in [0.29, 0.717) is 5.96 Å². The smallest absolute Gasteiger partial charge is 0.328 e. The van der Waals surface area contributed by atoms with Crippen LogP contribution in [0.2, 0.25) is 0 Å². The zero-order chi connectivity index (χ0) is 22.4. The molecule has 3 aliphatic heterocycles. The van der Waals surface area contributed by atoms with Crippen LogP contribution in [-0.2, 0) is 9.53 Å². The number of carbonyl (C=O) groups excluding carboxylic acids is 2. The van der Waals surface area contributed by atoms with Crippen LogP contribution in [0.4, 0.5) is 10.5 Å². The molecule has 0 saturated carbocycles. The second kappa shape index (κ2) is 7.80. The molecule has 0 aromatic heterocycles. The van der Waals surface area contributed by atoms with Crippen LogP contribution in [0.5, 0.6) is 0 Å². The third kappa shape index (κ3) is 3.06. The Bertz CT molecular complexity index is 1110. The highest BCUT2D eigenvalue weighted by Gasteiger charge is 2.54. The van der Waals surface area contributed by atoms with Gasteiger partial charge in [-0.25, -0.2) is 9.79 Å². The van der Waals surface area contributed by atoms with Gasteiger partial charge < -0.3 is 9.64 Å². The fourth-order valence-corrected chi connectivity index (χ4v) is 4.38. The predicted octanol–water partition coefficient (Wildman–Crippen LogP) is 2.72. The number of carbonyl (C=O) groups is 2. The summed E-state index contributed by atoms with van der Waals surface area (Å²) in [5, 5.41) is 0. The van der Waals surface area contributed by atoms with Gasteiger partial charge in [-0.15, -0.1) is 0 Å². The van der Waals surface area contributed by atoms with Crippen LogP contribution in [0.25, 0.3) is 5.70 Å². The number of benzene rings is 2. The maximum absolute atomic E-state index is 13.4. The number of fused-ring (bicyclic) bond motifs is 3. The Morgan fingerprint density at radius 1 is 1.03 bits per heavy atom. The Balaban J connectivity index is 1.59. The van der Waals surface area contributed by atoms with Crippen molar-refractivity contribution in [1.82, 2.24) is 14.7 Å². The topological polar surface area (TPSA) is 68.7 Å². The van der Waals surface area contributed by atoms with E-state index < -0.39 is 12.2 Å². The van der Waals surface area contributed by atoms with Gasteiger partial charge in [0.05, 0.1) is 18.8 Å². The van der Waals surface area contributed by atoms with E-state index in [1.165, 1.54) is 9.80 Å². The lowest BCUT2D eigenvalue weighted by Crippen LogP contribution is -2.64. The van der Waals surface area contributed by atoms with E-state index in [9.17, 15) is 9.59 Å². The Morgan fingerprint density at radius 3 is 2.44 bits per heavy atom. The van der Waals surface area contributed by atoms with E-state index in [0.717, 1.165) is 22.5 Å². The predicted molar refractivity (Wildman–Crippen MR) is 122 cm³/mol. The molecule has 0 radical (unpaired) electrons. The molecule has 8 heteroatoms. The van der Waals surface area contributed by atoms with Gasteiger partial charge in [0, 0.05) is 31.6 Å². The lowest BCUT2D eigenvalue weighted by atomic mass is 10.1. The van der Waals surface area contributed by atoms with Gasteiger partial charge in [0.2, 0.25) is 5.96 Å². The van der Waals surface area contributed by atoms with Crippen LogP contribution in [0.1, 0.15) is 11.1 Å². The number of likely N-dealkylation sites (N-methyl/N-ethyl adjacent to an activating group) is 1. The van der Waals surface area contributed by atoms with Crippen molar-refractivity contribution in [2.45, 2.75) is 19.1 Å². The molecule has 8 nitrogen and oxygen atoms in total. The molecule has 2 aromatic rings. The second-order valence-electron chi connectivity index (χ2n) is 8.12. The van der Waals surface area contributed by atoms with Gasteiger partial charge in [0.25, 0.3) is 5.91 Å². The highest BCUT2D eigenvalue weighted by atomic mass is 16.5. The van der Waals surface area contributed by atoms with Gasteiger partial charge in [-0.2, -0.15) is 0 Å². The summed E-state index contributed by atoms with van der Waals surface area (Å²) < 4.78 is 5.11. The molecule has 5 rings (SSSR count). The van der Waals surface area contributed by atoms with Crippen molar-refractivity contribution in [3.05, 3.63) is 71.9 Å². The first-order valence-corrected chi connectivity index (χ1v) is 10.6. The van der Waals surface area contributed by atoms with Gasteiger partial charge in [-0.3, -0.25) is 19.5 Å². The second-order valence-corrected chi connectivity index (χ2v) is 8.12. The van der Waals surface area contributed by atoms with Crippen LogP contribution in [0, 0.1) is 6.92 Å². The number of guanidine groups is 1. The van der Waals surface area contributed by atoms with Crippen molar-refractivity contribution < 1.29 is 14.3 Å². The number of rotatable bonds is 5. The van der Waals surface area contributed by atoms with Crippen molar-refractivity contribution in [1.29, 1.82) is 0 Å². The van der Waals surface area contributed by atoms with Gasteiger partial charge in [-0.05, 0) is 19.1 Å². The quantitative estimate of drug-likeness (QED) is 0.728. The van der Waals surface area contributed by atoms with Crippen molar-refractivity contribution in [3.8, 4) is 0 Å². The normalized spacial score (nSPS) is 22.2. The molecule has 0 spiro atoms. The molecule has 2 atom stereocenters. The van der Waals surface area contributed by atoms with Crippen LogP contribution in [0.3, 0.4) is 0 Å². The summed E-state index contributed by atoms with van der Waals surface area (Å²) in [5.41, 5.74) is 4.06. The zero-order valence-electron chi connectivity index (χ0n) is 18.3. The van der Waals surface area contributed by atoms with Crippen LogP contribution < -0.4 is 4.90 Å². The maximum atomic E-state index is 13.4. The van der Waals surface area contributed by atoms with Gasteiger partial charge >= 0.3 is 6.03 Å². The lowest BCUT2D eigenvalue weighted by Gasteiger charge is -2.40. The third-order valence-corrected chi connectivity index (χ3v) is 6.09. The number of methoxy groups -OCH3 is 1.